The molecule has 0 saturated heterocycles. The Bertz CT molecular complexity index is 608. The summed E-state index contributed by atoms with van der Waals surface area (Å²) in [6, 6.07) is 14.7. The fraction of sp³-hybridized carbons (Fsp3) is 0.316. The van der Waals surface area contributed by atoms with Gasteiger partial charge >= 0.3 is 0 Å². The Morgan fingerprint density at radius 2 is 1.61 bits per heavy atom. The molecule has 2 aromatic rings. The fourth-order valence-corrected chi connectivity index (χ4v) is 2.23. The molecule has 3 nitrogen and oxygen atoms in total. The zero-order valence-electron chi connectivity index (χ0n) is 13.4. The highest BCUT2D eigenvalue weighted by Gasteiger charge is 2.01. The Labute approximate surface area is 136 Å². The highest BCUT2D eigenvalue weighted by molar-refractivity contribution is 5.76. The van der Waals surface area contributed by atoms with E-state index in [0.29, 0.717) is 25.9 Å². The summed E-state index contributed by atoms with van der Waals surface area (Å²) in [5, 5.41) is 6.14. The van der Waals surface area contributed by atoms with E-state index in [9.17, 15) is 9.18 Å². The lowest BCUT2D eigenvalue weighted by molar-refractivity contribution is -0.120. The highest BCUT2D eigenvalue weighted by Crippen LogP contribution is 2.03. The van der Waals surface area contributed by atoms with E-state index in [1.54, 1.807) is 12.1 Å². The van der Waals surface area contributed by atoms with Gasteiger partial charge in [-0.2, -0.15) is 0 Å². The van der Waals surface area contributed by atoms with Crippen LogP contribution in [0.3, 0.4) is 0 Å². The summed E-state index contributed by atoms with van der Waals surface area (Å²) in [5.41, 5.74) is 3.48. The van der Waals surface area contributed by atoms with Crippen LogP contribution in [0.1, 0.15) is 23.1 Å². The summed E-state index contributed by atoms with van der Waals surface area (Å²) in [6.07, 6.45) is 1.16. The van der Waals surface area contributed by atoms with Gasteiger partial charge in [0.1, 0.15) is 5.82 Å². The summed E-state index contributed by atoms with van der Waals surface area (Å²) in [4.78, 5) is 11.7. The number of aryl methyl sites for hydroxylation is 1. The second kappa shape index (κ2) is 9.06. The molecule has 0 aliphatic carbocycles. The second-order valence-electron chi connectivity index (χ2n) is 5.64. The predicted molar refractivity (Wildman–Crippen MR) is 90.6 cm³/mol. The summed E-state index contributed by atoms with van der Waals surface area (Å²) in [6.45, 7) is 4.05. The van der Waals surface area contributed by atoms with Crippen molar-refractivity contribution in [3.05, 3.63) is 71.0 Å². The normalized spacial score (nSPS) is 10.5. The monoisotopic (exact) mass is 314 g/mol. The molecule has 0 aliphatic rings. The molecule has 0 aromatic heterocycles. The molecule has 23 heavy (non-hydrogen) atoms. The van der Waals surface area contributed by atoms with Crippen molar-refractivity contribution in [2.24, 2.45) is 0 Å². The van der Waals surface area contributed by atoms with Gasteiger partial charge in [-0.05, 0) is 36.6 Å². The van der Waals surface area contributed by atoms with Gasteiger partial charge in [-0.15, -0.1) is 0 Å². The first-order chi connectivity index (χ1) is 11.1. The summed E-state index contributed by atoms with van der Waals surface area (Å²) >= 11 is 0. The van der Waals surface area contributed by atoms with Crippen molar-refractivity contribution in [3.8, 4) is 0 Å². The van der Waals surface area contributed by atoms with Crippen LogP contribution in [-0.2, 0) is 17.8 Å². The van der Waals surface area contributed by atoms with Crippen molar-refractivity contribution in [1.29, 1.82) is 0 Å². The van der Waals surface area contributed by atoms with Crippen LogP contribution in [0.2, 0.25) is 0 Å². The lowest BCUT2D eigenvalue weighted by atomic mass is 10.1. The topological polar surface area (TPSA) is 41.1 Å². The number of carbonyl (C=O) groups excluding carboxylic acids is 1. The quantitative estimate of drug-likeness (QED) is 0.736. The van der Waals surface area contributed by atoms with Gasteiger partial charge in [0.25, 0.3) is 0 Å². The maximum absolute atomic E-state index is 12.8. The van der Waals surface area contributed by atoms with Crippen molar-refractivity contribution in [3.63, 3.8) is 0 Å². The van der Waals surface area contributed by atoms with E-state index >= 15 is 0 Å². The maximum atomic E-state index is 12.8. The summed E-state index contributed by atoms with van der Waals surface area (Å²) in [5.74, 6) is -0.207. The van der Waals surface area contributed by atoms with Crippen LogP contribution in [0.5, 0.6) is 0 Å². The van der Waals surface area contributed by atoms with Gasteiger partial charge in [0.05, 0.1) is 0 Å². The molecule has 0 heterocycles. The molecule has 2 aromatic carbocycles. The van der Waals surface area contributed by atoms with E-state index in [2.05, 4.69) is 41.8 Å². The number of benzene rings is 2. The second-order valence-corrected chi connectivity index (χ2v) is 5.64. The standard InChI is InChI=1S/C19H23FN2O/c1-15-2-4-17(5-3-15)14-21-12-11-19(23)22-13-10-16-6-8-18(20)9-7-16/h2-9,21H,10-14H2,1H3,(H,22,23). The van der Waals surface area contributed by atoms with E-state index in [1.165, 1.54) is 23.3 Å². The van der Waals surface area contributed by atoms with Crippen molar-refractivity contribution < 1.29 is 9.18 Å². The minimum atomic E-state index is -0.238. The molecular weight excluding hydrogens is 291 g/mol. The van der Waals surface area contributed by atoms with Crippen LogP contribution >= 0.6 is 0 Å². The molecule has 0 saturated carbocycles. The Morgan fingerprint density at radius 1 is 0.957 bits per heavy atom. The molecule has 0 fully saturated rings. The Hall–Kier alpha value is -2.20. The number of rotatable bonds is 8. The van der Waals surface area contributed by atoms with Gasteiger partial charge in [0.15, 0.2) is 0 Å². The van der Waals surface area contributed by atoms with Crippen LogP contribution in [0.25, 0.3) is 0 Å². The molecule has 2 rings (SSSR count). The molecule has 0 spiro atoms. The first kappa shape index (κ1) is 17.2. The molecule has 0 radical (unpaired) electrons. The van der Waals surface area contributed by atoms with E-state index in [0.717, 1.165) is 12.1 Å². The van der Waals surface area contributed by atoms with Gasteiger partial charge in [-0.1, -0.05) is 42.0 Å². The summed E-state index contributed by atoms with van der Waals surface area (Å²) in [7, 11) is 0. The van der Waals surface area contributed by atoms with Crippen LogP contribution in [0.15, 0.2) is 48.5 Å². The van der Waals surface area contributed by atoms with Crippen molar-refractivity contribution in [2.45, 2.75) is 26.3 Å². The average Bonchev–Trinajstić information content (AvgIpc) is 2.55. The van der Waals surface area contributed by atoms with E-state index < -0.39 is 0 Å². The number of nitrogens with one attached hydrogen (secondary N) is 2. The number of amides is 1. The van der Waals surface area contributed by atoms with Crippen LogP contribution in [0.4, 0.5) is 4.39 Å². The molecule has 2 N–H and O–H groups in total. The lowest BCUT2D eigenvalue weighted by Gasteiger charge is -2.07. The zero-order valence-corrected chi connectivity index (χ0v) is 13.4. The number of hydrogen-bond donors (Lipinski definition) is 2. The number of hydrogen-bond acceptors (Lipinski definition) is 2. The SMILES string of the molecule is Cc1ccc(CNCCC(=O)NCCc2ccc(F)cc2)cc1. The smallest absolute Gasteiger partial charge is 0.221 e. The van der Waals surface area contributed by atoms with E-state index in [-0.39, 0.29) is 11.7 Å². The molecule has 0 aliphatic heterocycles. The third-order valence-electron chi connectivity index (χ3n) is 3.63. The highest BCUT2D eigenvalue weighted by atomic mass is 19.1. The van der Waals surface area contributed by atoms with E-state index in [4.69, 9.17) is 0 Å². The van der Waals surface area contributed by atoms with Gasteiger partial charge in [0, 0.05) is 26.1 Å². The third kappa shape index (κ3) is 6.61. The van der Waals surface area contributed by atoms with Gasteiger partial charge < -0.3 is 10.6 Å². The third-order valence-corrected chi connectivity index (χ3v) is 3.63. The number of halogens is 1. The van der Waals surface area contributed by atoms with E-state index in [1.807, 2.05) is 0 Å². The first-order valence-corrected chi connectivity index (χ1v) is 7.91. The molecule has 4 heteroatoms. The largest absolute Gasteiger partial charge is 0.356 e. The van der Waals surface area contributed by atoms with Gasteiger partial charge in [0.2, 0.25) is 5.91 Å². The molecule has 122 valence electrons. The molecular formula is C19H23FN2O. The average molecular weight is 314 g/mol. The van der Waals surface area contributed by atoms with Crippen LogP contribution < -0.4 is 10.6 Å². The Kier molecular flexibility index (Phi) is 6.76. The van der Waals surface area contributed by atoms with Crippen LogP contribution in [-0.4, -0.2) is 19.0 Å². The Balaban J connectivity index is 1.56. The van der Waals surface area contributed by atoms with Gasteiger partial charge in [-0.3, -0.25) is 4.79 Å². The lowest BCUT2D eigenvalue weighted by Crippen LogP contribution is -2.29. The minimum absolute atomic E-state index is 0.0310. The van der Waals surface area contributed by atoms with Crippen molar-refractivity contribution in [1.82, 2.24) is 10.6 Å². The molecule has 0 bridgehead atoms. The van der Waals surface area contributed by atoms with Crippen molar-refractivity contribution in [2.75, 3.05) is 13.1 Å². The first-order valence-electron chi connectivity index (χ1n) is 7.91. The van der Waals surface area contributed by atoms with Crippen molar-refractivity contribution >= 4 is 5.91 Å². The predicted octanol–water partition coefficient (Wildman–Crippen LogP) is 2.97. The molecule has 0 atom stereocenters. The molecule has 0 unspecified atom stereocenters. The zero-order chi connectivity index (χ0) is 16.5. The summed E-state index contributed by atoms with van der Waals surface area (Å²) < 4.78 is 12.8. The number of carbonyl (C=O) groups is 1. The van der Waals surface area contributed by atoms with Gasteiger partial charge in [-0.25, -0.2) is 4.39 Å². The minimum Gasteiger partial charge on any atom is -0.356 e. The Morgan fingerprint density at radius 3 is 2.30 bits per heavy atom. The molecule has 1 amide bonds. The van der Waals surface area contributed by atoms with Crippen LogP contribution in [0, 0.1) is 12.7 Å². The maximum Gasteiger partial charge on any atom is 0.221 e. The fourth-order valence-electron chi connectivity index (χ4n) is 2.23.